The van der Waals surface area contributed by atoms with Crippen LogP contribution in [0.3, 0.4) is 0 Å². The van der Waals surface area contributed by atoms with Gasteiger partial charge in [0.2, 0.25) is 0 Å². The van der Waals surface area contributed by atoms with E-state index in [1.54, 1.807) is 25.8 Å². The third-order valence-corrected chi connectivity index (χ3v) is 5.32. The molecule has 3 N–H and O–H groups in total. The molecule has 8 heteroatoms. The van der Waals surface area contributed by atoms with E-state index < -0.39 is 29.9 Å². The third kappa shape index (κ3) is 8.35. The standard InChI is InChI=1S/C26H37N3O5/c1-19(2)28(29(25(32)33)26(3,4)5)17-23(30)22(16-20-12-8-6-9-13-20)27-24(31)34-18-21-14-10-7-11-15-21/h6-15,19,22-23,30H,16-18H2,1-5H3,(H,27,31)(H,32,33). The van der Waals surface area contributed by atoms with Gasteiger partial charge in [0.25, 0.3) is 0 Å². The van der Waals surface area contributed by atoms with E-state index in [1.165, 1.54) is 5.01 Å². The van der Waals surface area contributed by atoms with Crippen LogP contribution in [0.2, 0.25) is 0 Å². The van der Waals surface area contributed by atoms with Gasteiger partial charge in [0, 0.05) is 12.6 Å². The Morgan fingerprint density at radius 2 is 1.50 bits per heavy atom. The number of aliphatic hydroxyl groups is 1. The first-order chi connectivity index (χ1) is 16.0. The topological polar surface area (TPSA) is 102 Å². The Balaban J connectivity index is 2.18. The van der Waals surface area contributed by atoms with Gasteiger partial charge in [-0.3, -0.25) is 0 Å². The van der Waals surface area contributed by atoms with Crippen LogP contribution in [-0.2, 0) is 17.8 Å². The van der Waals surface area contributed by atoms with E-state index >= 15 is 0 Å². The van der Waals surface area contributed by atoms with Crippen LogP contribution in [0, 0.1) is 0 Å². The summed E-state index contributed by atoms with van der Waals surface area (Å²) >= 11 is 0. The zero-order chi connectivity index (χ0) is 25.3. The fraction of sp³-hybridized carbons (Fsp3) is 0.462. The minimum absolute atomic E-state index is 0.0116. The summed E-state index contributed by atoms with van der Waals surface area (Å²) in [6, 6.07) is 17.9. The van der Waals surface area contributed by atoms with E-state index in [9.17, 15) is 19.8 Å². The lowest BCUT2D eigenvalue weighted by Gasteiger charge is -2.45. The van der Waals surface area contributed by atoms with Gasteiger partial charge in [-0.2, -0.15) is 0 Å². The number of hydrogen-bond acceptors (Lipinski definition) is 5. The number of amides is 2. The van der Waals surface area contributed by atoms with Crippen LogP contribution in [-0.4, -0.2) is 62.7 Å². The van der Waals surface area contributed by atoms with Crippen molar-refractivity contribution in [2.24, 2.45) is 0 Å². The minimum atomic E-state index is -1.11. The van der Waals surface area contributed by atoms with Gasteiger partial charge in [0.1, 0.15) is 6.61 Å². The van der Waals surface area contributed by atoms with Gasteiger partial charge >= 0.3 is 12.2 Å². The van der Waals surface area contributed by atoms with Crippen LogP contribution in [0.25, 0.3) is 0 Å². The zero-order valence-electron chi connectivity index (χ0n) is 20.6. The number of rotatable bonds is 10. The normalized spacial score (nSPS) is 13.4. The minimum Gasteiger partial charge on any atom is -0.464 e. The van der Waals surface area contributed by atoms with Crippen LogP contribution >= 0.6 is 0 Å². The molecule has 0 saturated carbocycles. The molecule has 2 atom stereocenters. The predicted octanol–water partition coefficient (Wildman–Crippen LogP) is 4.29. The molecule has 2 unspecified atom stereocenters. The first-order valence-corrected chi connectivity index (χ1v) is 11.5. The van der Waals surface area contributed by atoms with Crippen molar-refractivity contribution >= 4 is 12.2 Å². The Hall–Kier alpha value is -3.10. The summed E-state index contributed by atoms with van der Waals surface area (Å²) in [5, 5.41) is 26.7. The number of alkyl carbamates (subject to hydrolysis) is 1. The van der Waals surface area contributed by atoms with E-state index in [2.05, 4.69) is 5.32 Å². The third-order valence-electron chi connectivity index (χ3n) is 5.32. The van der Waals surface area contributed by atoms with Crippen molar-refractivity contribution in [2.45, 2.75) is 71.4 Å². The second kappa shape index (κ2) is 12.4. The lowest BCUT2D eigenvalue weighted by Crippen LogP contribution is -2.61. The van der Waals surface area contributed by atoms with Crippen LogP contribution in [0.1, 0.15) is 45.7 Å². The van der Waals surface area contributed by atoms with Gasteiger partial charge in [-0.15, -0.1) is 0 Å². The van der Waals surface area contributed by atoms with E-state index in [0.29, 0.717) is 6.42 Å². The van der Waals surface area contributed by atoms with Crippen LogP contribution in [0.15, 0.2) is 60.7 Å². The molecule has 2 amide bonds. The summed E-state index contributed by atoms with van der Waals surface area (Å²) in [6.07, 6.45) is -2.46. The molecular weight excluding hydrogens is 434 g/mol. The molecule has 2 aromatic rings. The zero-order valence-corrected chi connectivity index (χ0v) is 20.6. The average molecular weight is 472 g/mol. The highest BCUT2D eigenvalue weighted by Gasteiger charge is 2.36. The molecule has 0 aliphatic carbocycles. The highest BCUT2D eigenvalue weighted by molar-refractivity contribution is 5.68. The van der Waals surface area contributed by atoms with Gasteiger partial charge in [0.15, 0.2) is 0 Å². The predicted molar refractivity (Wildman–Crippen MR) is 131 cm³/mol. The fourth-order valence-corrected chi connectivity index (χ4v) is 3.69. The highest BCUT2D eigenvalue weighted by Crippen LogP contribution is 2.20. The summed E-state index contributed by atoms with van der Waals surface area (Å²) in [5.41, 5.74) is 1.07. The molecule has 34 heavy (non-hydrogen) atoms. The van der Waals surface area contributed by atoms with Crippen molar-refractivity contribution in [3.05, 3.63) is 71.8 Å². The summed E-state index contributed by atoms with van der Waals surface area (Å²) < 4.78 is 5.36. The molecule has 2 rings (SSSR count). The van der Waals surface area contributed by atoms with Crippen molar-refractivity contribution in [1.29, 1.82) is 0 Å². The second-order valence-corrected chi connectivity index (χ2v) is 9.55. The van der Waals surface area contributed by atoms with E-state index in [4.69, 9.17) is 4.74 Å². The lowest BCUT2D eigenvalue weighted by molar-refractivity contribution is -0.106. The molecule has 2 aromatic carbocycles. The quantitative estimate of drug-likeness (QED) is 0.447. The SMILES string of the molecule is CC(C)N(CC(O)C(Cc1ccccc1)NC(=O)OCc1ccccc1)N(C(=O)O)C(C)(C)C. The van der Waals surface area contributed by atoms with Crippen molar-refractivity contribution in [2.75, 3.05) is 6.54 Å². The largest absolute Gasteiger partial charge is 0.464 e. The number of ether oxygens (including phenoxy) is 1. The molecule has 0 fully saturated rings. The molecule has 8 nitrogen and oxygen atoms in total. The Kier molecular flexibility index (Phi) is 9.89. The number of aliphatic hydroxyl groups excluding tert-OH is 1. The van der Waals surface area contributed by atoms with Crippen LogP contribution in [0.4, 0.5) is 9.59 Å². The molecular formula is C26H37N3O5. The van der Waals surface area contributed by atoms with Gasteiger partial charge in [-0.1, -0.05) is 60.7 Å². The van der Waals surface area contributed by atoms with Gasteiger partial charge in [-0.25, -0.2) is 19.6 Å². The molecule has 0 aliphatic rings. The summed E-state index contributed by atoms with van der Waals surface area (Å²) in [6.45, 7) is 9.23. The van der Waals surface area contributed by atoms with E-state index in [-0.39, 0.29) is 19.2 Å². The van der Waals surface area contributed by atoms with Crippen LogP contribution < -0.4 is 5.32 Å². The fourth-order valence-electron chi connectivity index (χ4n) is 3.69. The molecule has 0 aliphatic heterocycles. The van der Waals surface area contributed by atoms with Crippen molar-refractivity contribution < 1.29 is 24.5 Å². The van der Waals surface area contributed by atoms with E-state index in [0.717, 1.165) is 11.1 Å². The number of nitrogens with one attached hydrogen (secondary N) is 1. The highest BCUT2D eigenvalue weighted by atomic mass is 16.5. The maximum Gasteiger partial charge on any atom is 0.422 e. The first-order valence-electron chi connectivity index (χ1n) is 11.5. The number of nitrogens with zero attached hydrogens (tertiary/aromatic N) is 2. The summed E-state index contributed by atoms with van der Waals surface area (Å²) in [7, 11) is 0. The molecule has 0 heterocycles. The van der Waals surface area contributed by atoms with Crippen molar-refractivity contribution in [3.63, 3.8) is 0 Å². The Labute approximate surface area is 202 Å². The molecule has 0 bridgehead atoms. The van der Waals surface area contributed by atoms with Crippen LogP contribution in [0.5, 0.6) is 0 Å². The number of hydrogen-bond donors (Lipinski definition) is 3. The maximum absolute atomic E-state index is 12.6. The smallest absolute Gasteiger partial charge is 0.422 e. The lowest BCUT2D eigenvalue weighted by atomic mass is 10.0. The number of carboxylic acid groups (broad SMARTS) is 1. The molecule has 0 spiro atoms. The maximum atomic E-state index is 12.6. The van der Waals surface area contributed by atoms with Gasteiger partial charge in [-0.05, 0) is 52.2 Å². The number of hydrazine groups is 1. The van der Waals surface area contributed by atoms with Gasteiger partial charge in [0.05, 0.1) is 17.7 Å². The Morgan fingerprint density at radius 1 is 0.971 bits per heavy atom. The molecule has 0 aromatic heterocycles. The number of carbonyl (C=O) groups excluding carboxylic acids is 1. The van der Waals surface area contributed by atoms with Crippen molar-refractivity contribution in [1.82, 2.24) is 15.3 Å². The van der Waals surface area contributed by atoms with Crippen molar-refractivity contribution in [3.8, 4) is 0 Å². The summed E-state index contributed by atoms with van der Waals surface area (Å²) in [5.74, 6) is 0. The number of benzene rings is 2. The summed E-state index contributed by atoms with van der Waals surface area (Å²) in [4.78, 5) is 24.6. The first kappa shape index (κ1) is 27.1. The molecule has 186 valence electrons. The second-order valence-electron chi connectivity index (χ2n) is 9.55. The van der Waals surface area contributed by atoms with E-state index in [1.807, 2.05) is 74.5 Å². The monoisotopic (exact) mass is 471 g/mol. The Bertz CT molecular complexity index is 900. The number of carbonyl (C=O) groups is 2. The van der Waals surface area contributed by atoms with Gasteiger partial charge < -0.3 is 20.3 Å². The Morgan fingerprint density at radius 3 is 1.97 bits per heavy atom. The molecule has 0 saturated heterocycles. The molecule has 0 radical (unpaired) electrons. The average Bonchev–Trinajstić information content (AvgIpc) is 2.77.